The fourth-order valence-electron chi connectivity index (χ4n) is 4.73. The molecule has 0 aromatic heterocycles. The van der Waals surface area contributed by atoms with Crippen LogP contribution in [0.5, 0.6) is 0 Å². The van der Waals surface area contributed by atoms with Gasteiger partial charge in [0, 0.05) is 12.3 Å². The molecule has 1 N–H and O–H groups in total. The van der Waals surface area contributed by atoms with E-state index < -0.39 is 5.60 Å². The van der Waals surface area contributed by atoms with E-state index in [0.29, 0.717) is 11.1 Å². The number of Topliss-reactive ketones (excluding diaryl/α,β-unsaturated/α-hetero) is 2. The Balaban J connectivity index is 2.00. The average Bonchev–Trinajstić information content (AvgIpc) is 2.78. The number of ketones is 2. The summed E-state index contributed by atoms with van der Waals surface area (Å²) in [6.07, 6.45) is 1.37. The standard InChI is InChI=1S/C20H22O4/c1-11(21)16-15(22)10-20(23)14-7-5-4-6-12(14)18-13(17(16)20)8-9-19(2,3)24-18/h4-7,13,18,23H,8-10H2,1-3H3. The van der Waals surface area contributed by atoms with Crippen LogP contribution in [0, 0.1) is 5.92 Å². The number of fused-ring (bicyclic) bond motifs is 6. The molecule has 126 valence electrons. The summed E-state index contributed by atoms with van der Waals surface area (Å²) in [6, 6.07) is 7.62. The third-order valence-electron chi connectivity index (χ3n) is 5.71. The van der Waals surface area contributed by atoms with Gasteiger partial charge in [-0.25, -0.2) is 0 Å². The van der Waals surface area contributed by atoms with Gasteiger partial charge in [0.05, 0.1) is 17.3 Å². The van der Waals surface area contributed by atoms with E-state index in [0.717, 1.165) is 18.4 Å². The van der Waals surface area contributed by atoms with E-state index in [1.807, 2.05) is 24.3 Å². The van der Waals surface area contributed by atoms with E-state index in [-0.39, 0.29) is 41.2 Å². The number of hydrogen-bond donors (Lipinski definition) is 1. The summed E-state index contributed by atoms with van der Waals surface area (Å²) >= 11 is 0. The van der Waals surface area contributed by atoms with E-state index in [1.54, 1.807) is 0 Å². The molecule has 1 aromatic rings. The van der Waals surface area contributed by atoms with Crippen LogP contribution in [-0.2, 0) is 19.9 Å². The molecule has 4 rings (SSSR count). The molecule has 4 nitrogen and oxygen atoms in total. The maximum atomic E-state index is 12.5. The van der Waals surface area contributed by atoms with Gasteiger partial charge in [-0.15, -0.1) is 0 Å². The lowest BCUT2D eigenvalue weighted by Gasteiger charge is -2.49. The molecule has 2 aliphatic carbocycles. The van der Waals surface area contributed by atoms with Crippen molar-refractivity contribution in [2.45, 2.75) is 57.3 Å². The summed E-state index contributed by atoms with van der Waals surface area (Å²) in [4.78, 5) is 24.7. The Bertz CT molecular complexity index is 789. The van der Waals surface area contributed by atoms with E-state index in [4.69, 9.17) is 4.74 Å². The molecule has 0 radical (unpaired) electrons. The van der Waals surface area contributed by atoms with Crippen molar-refractivity contribution in [3.8, 4) is 0 Å². The minimum Gasteiger partial charge on any atom is -0.380 e. The van der Waals surface area contributed by atoms with Crippen molar-refractivity contribution in [1.29, 1.82) is 0 Å². The molecule has 0 amide bonds. The number of hydrogen-bond acceptors (Lipinski definition) is 4. The number of carbonyl (C=O) groups excluding carboxylic acids is 2. The maximum Gasteiger partial charge on any atom is 0.170 e. The highest BCUT2D eigenvalue weighted by Crippen LogP contribution is 2.59. The summed E-state index contributed by atoms with van der Waals surface area (Å²) in [6.45, 7) is 5.54. The smallest absolute Gasteiger partial charge is 0.170 e. The number of allylic oxidation sites excluding steroid dienone is 1. The number of rotatable bonds is 1. The van der Waals surface area contributed by atoms with Crippen LogP contribution in [0.15, 0.2) is 35.4 Å². The maximum absolute atomic E-state index is 12.5. The zero-order valence-electron chi connectivity index (χ0n) is 14.3. The fraction of sp³-hybridized carbons (Fsp3) is 0.500. The molecule has 1 aromatic carbocycles. The summed E-state index contributed by atoms with van der Waals surface area (Å²) < 4.78 is 6.35. The molecule has 1 aliphatic heterocycles. The van der Waals surface area contributed by atoms with Crippen molar-refractivity contribution < 1.29 is 19.4 Å². The lowest BCUT2D eigenvalue weighted by Crippen LogP contribution is -2.45. The zero-order valence-corrected chi connectivity index (χ0v) is 14.3. The number of carbonyl (C=O) groups is 2. The normalized spacial score (nSPS) is 33.8. The first kappa shape index (κ1) is 15.7. The van der Waals surface area contributed by atoms with Gasteiger partial charge in [-0.2, -0.15) is 0 Å². The van der Waals surface area contributed by atoms with Gasteiger partial charge in [0.2, 0.25) is 0 Å². The van der Waals surface area contributed by atoms with Gasteiger partial charge in [-0.3, -0.25) is 9.59 Å². The highest BCUT2D eigenvalue weighted by Gasteiger charge is 2.57. The van der Waals surface area contributed by atoms with E-state index in [1.165, 1.54) is 6.92 Å². The fourth-order valence-corrected chi connectivity index (χ4v) is 4.73. The van der Waals surface area contributed by atoms with Crippen molar-refractivity contribution >= 4 is 11.6 Å². The first-order chi connectivity index (χ1) is 11.2. The molecule has 3 atom stereocenters. The second kappa shape index (κ2) is 4.87. The number of benzene rings is 1. The Kier molecular flexibility index (Phi) is 3.19. The molecule has 1 saturated heterocycles. The van der Waals surface area contributed by atoms with Crippen molar-refractivity contribution in [3.05, 3.63) is 46.5 Å². The highest BCUT2D eigenvalue weighted by atomic mass is 16.5. The summed E-state index contributed by atoms with van der Waals surface area (Å²) in [5.74, 6) is -0.627. The van der Waals surface area contributed by atoms with Crippen molar-refractivity contribution in [3.63, 3.8) is 0 Å². The van der Waals surface area contributed by atoms with Crippen molar-refractivity contribution in [2.24, 2.45) is 5.92 Å². The van der Waals surface area contributed by atoms with Crippen LogP contribution in [-0.4, -0.2) is 22.3 Å². The molecular formula is C20H22O4. The Labute approximate surface area is 141 Å². The number of aliphatic hydroxyl groups is 1. The predicted octanol–water partition coefficient (Wildman–Crippen LogP) is 2.99. The van der Waals surface area contributed by atoms with E-state index in [9.17, 15) is 14.7 Å². The Morgan fingerprint density at radius 3 is 2.71 bits per heavy atom. The van der Waals surface area contributed by atoms with E-state index >= 15 is 0 Å². The van der Waals surface area contributed by atoms with Crippen LogP contribution >= 0.6 is 0 Å². The molecule has 4 heteroatoms. The monoisotopic (exact) mass is 326 g/mol. The SMILES string of the molecule is CC(=O)C1=C2C3CCC(C)(C)OC3c3ccccc3C2(O)CC1=O. The molecule has 0 spiro atoms. The zero-order chi connectivity index (χ0) is 17.3. The largest absolute Gasteiger partial charge is 0.380 e. The Morgan fingerprint density at radius 2 is 2.00 bits per heavy atom. The Hall–Kier alpha value is -1.78. The van der Waals surface area contributed by atoms with Gasteiger partial charge in [-0.05, 0) is 50.3 Å². The van der Waals surface area contributed by atoms with Gasteiger partial charge >= 0.3 is 0 Å². The third-order valence-corrected chi connectivity index (χ3v) is 5.71. The van der Waals surface area contributed by atoms with Crippen molar-refractivity contribution in [2.75, 3.05) is 0 Å². The molecule has 3 aliphatic rings. The minimum atomic E-state index is -1.36. The van der Waals surface area contributed by atoms with Gasteiger partial charge in [0.15, 0.2) is 11.6 Å². The van der Waals surface area contributed by atoms with Crippen molar-refractivity contribution in [1.82, 2.24) is 0 Å². The van der Waals surface area contributed by atoms with Crippen LogP contribution in [0.25, 0.3) is 0 Å². The molecule has 0 saturated carbocycles. The summed E-state index contributed by atoms with van der Waals surface area (Å²) in [7, 11) is 0. The van der Waals surface area contributed by atoms with Crippen LogP contribution in [0.3, 0.4) is 0 Å². The minimum absolute atomic E-state index is 0.0408. The Morgan fingerprint density at radius 1 is 1.29 bits per heavy atom. The molecule has 24 heavy (non-hydrogen) atoms. The first-order valence-corrected chi connectivity index (χ1v) is 8.53. The quantitative estimate of drug-likeness (QED) is 0.806. The second-order valence-electron chi connectivity index (χ2n) is 7.84. The summed E-state index contributed by atoms with van der Waals surface area (Å²) in [5, 5.41) is 11.4. The van der Waals surface area contributed by atoms with Gasteiger partial charge in [0.25, 0.3) is 0 Å². The molecular weight excluding hydrogens is 304 g/mol. The molecule has 3 unspecified atom stereocenters. The molecule has 1 fully saturated rings. The lowest BCUT2D eigenvalue weighted by atomic mass is 9.65. The highest BCUT2D eigenvalue weighted by molar-refractivity contribution is 6.22. The topological polar surface area (TPSA) is 63.6 Å². The molecule has 0 bridgehead atoms. The average molecular weight is 326 g/mol. The van der Waals surface area contributed by atoms with Crippen LogP contribution in [0.2, 0.25) is 0 Å². The van der Waals surface area contributed by atoms with Crippen LogP contribution in [0.1, 0.15) is 57.3 Å². The summed E-state index contributed by atoms with van der Waals surface area (Å²) in [5.41, 5.74) is 0.830. The van der Waals surface area contributed by atoms with Gasteiger partial charge in [-0.1, -0.05) is 24.3 Å². The first-order valence-electron chi connectivity index (χ1n) is 8.53. The van der Waals surface area contributed by atoms with Gasteiger partial charge in [0.1, 0.15) is 5.60 Å². The number of ether oxygens (including phenoxy) is 1. The lowest BCUT2D eigenvalue weighted by molar-refractivity contribution is -0.143. The van der Waals surface area contributed by atoms with E-state index in [2.05, 4.69) is 13.8 Å². The molecule has 1 heterocycles. The second-order valence-corrected chi connectivity index (χ2v) is 7.84. The van der Waals surface area contributed by atoms with Crippen LogP contribution in [0.4, 0.5) is 0 Å². The van der Waals surface area contributed by atoms with Gasteiger partial charge < -0.3 is 9.84 Å². The van der Waals surface area contributed by atoms with Crippen LogP contribution < -0.4 is 0 Å². The predicted molar refractivity (Wildman–Crippen MR) is 88.3 cm³/mol. The third kappa shape index (κ3) is 1.99.